The van der Waals surface area contributed by atoms with Gasteiger partial charge in [-0.3, -0.25) is 4.79 Å². The molecule has 1 atom stereocenters. The smallest absolute Gasteiger partial charge is 0.258 e. The van der Waals surface area contributed by atoms with Crippen molar-refractivity contribution in [3.63, 3.8) is 0 Å². The van der Waals surface area contributed by atoms with Gasteiger partial charge in [0.25, 0.3) is 5.91 Å². The molecule has 120 valence electrons. The molecule has 1 aromatic heterocycles. The van der Waals surface area contributed by atoms with Crippen molar-refractivity contribution in [2.45, 2.75) is 32.4 Å². The molecule has 0 saturated heterocycles. The minimum absolute atomic E-state index is 0.0813. The third-order valence-corrected chi connectivity index (χ3v) is 4.85. The van der Waals surface area contributed by atoms with Gasteiger partial charge in [-0.1, -0.05) is 11.6 Å². The zero-order valence-electron chi connectivity index (χ0n) is 13.3. The SMILES string of the molecule is COCCN(C)c1nc(Cl)cc2c1C(=O)N([C@@H](C)C1CC1)C2. The van der Waals surface area contributed by atoms with Crippen molar-refractivity contribution in [3.8, 4) is 0 Å². The van der Waals surface area contributed by atoms with Gasteiger partial charge in [0.15, 0.2) is 0 Å². The molecule has 5 nitrogen and oxygen atoms in total. The molecular formula is C16H22ClN3O2. The molecule has 22 heavy (non-hydrogen) atoms. The van der Waals surface area contributed by atoms with Crippen LogP contribution in [0.3, 0.4) is 0 Å². The first kappa shape index (κ1) is 15.6. The van der Waals surface area contributed by atoms with Gasteiger partial charge in [-0.25, -0.2) is 4.98 Å². The second-order valence-electron chi connectivity index (χ2n) is 6.23. The molecule has 0 N–H and O–H groups in total. The van der Waals surface area contributed by atoms with Crippen LogP contribution in [-0.4, -0.2) is 49.1 Å². The highest BCUT2D eigenvalue weighted by molar-refractivity contribution is 6.29. The summed E-state index contributed by atoms with van der Waals surface area (Å²) < 4.78 is 5.11. The molecule has 2 aliphatic rings. The second kappa shape index (κ2) is 6.05. The zero-order valence-corrected chi connectivity index (χ0v) is 14.1. The molecule has 1 saturated carbocycles. The summed E-state index contributed by atoms with van der Waals surface area (Å²) in [5.41, 5.74) is 1.69. The quantitative estimate of drug-likeness (QED) is 0.755. The molecule has 0 aromatic carbocycles. The van der Waals surface area contributed by atoms with Crippen molar-refractivity contribution in [2.75, 3.05) is 32.2 Å². The molecule has 1 aromatic rings. The minimum atomic E-state index is 0.0813. The fraction of sp³-hybridized carbons (Fsp3) is 0.625. The van der Waals surface area contributed by atoms with E-state index in [1.807, 2.05) is 22.9 Å². The van der Waals surface area contributed by atoms with Gasteiger partial charge in [0.05, 0.1) is 12.2 Å². The predicted octanol–water partition coefficient (Wildman–Crippen LogP) is 2.57. The molecule has 0 unspecified atom stereocenters. The molecule has 1 amide bonds. The highest BCUT2D eigenvalue weighted by Gasteiger charge is 2.40. The average Bonchev–Trinajstić information content (AvgIpc) is 3.28. The van der Waals surface area contributed by atoms with E-state index in [1.54, 1.807) is 7.11 Å². The van der Waals surface area contributed by atoms with Crippen molar-refractivity contribution >= 4 is 23.3 Å². The second-order valence-corrected chi connectivity index (χ2v) is 6.62. The number of anilines is 1. The number of pyridine rings is 1. The van der Waals surface area contributed by atoms with Crippen LogP contribution in [0.25, 0.3) is 0 Å². The number of carbonyl (C=O) groups is 1. The van der Waals surface area contributed by atoms with Gasteiger partial charge in [0.2, 0.25) is 0 Å². The lowest BCUT2D eigenvalue weighted by atomic mass is 10.1. The maximum atomic E-state index is 12.9. The number of amides is 1. The number of carbonyl (C=O) groups excluding carboxylic acids is 1. The van der Waals surface area contributed by atoms with Gasteiger partial charge in [0, 0.05) is 33.3 Å². The van der Waals surface area contributed by atoms with Crippen molar-refractivity contribution in [3.05, 3.63) is 22.3 Å². The Morgan fingerprint density at radius 2 is 2.27 bits per heavy atom. The Balaban J connectivity index is 1.91. The van der Waals surface area contributed by atoms with E-state index < -0.39 is 0 Å². The molecule has 0 spiro atoms. The number of hydrogen-bond acceptors (Lipinski definition) is 4. The summed E-state index contributed by atoms with van der Waals surface area (Å²) in [5.74, 6) is 1.39. The molecule has 2 heterocycles. The summed E-state index contributed by atoms with van der Waals surface area (Å²) in [6.07, 6.45) is 2.45. The molecule has 1 aliphatic carbocycles. The first-order chi connectivity index (χ1) is 10.5. The van der Waals surface area contributed by atoms with E-state index in [1.165, 1.54) is 12.8 Å². The van der Waals surface area contributed by atoms with Crippen LogP contribution in [0.4, 0.5) is 5.82 Å². The lowest BCUT2D eigenvalue weighted by Gasteiger charge is -2.24. The molecule has 1 fully saturated rings. The first-order valence-corrected chi connectivity index (χ1v) is 8.11. The molecule has 0 radical (unpaired) electrons. The lowest BCUT2D eigenvalue weighted by molar-refractivity contribution is 0.0697. The van der Waals surface area contributed by atoms with Crippen LogP contribution >= 0.6 is 11.6 Å². The molecule has 6 heteroatoms. The van der Waals surface area contributed by atoms with Crippen molar-refractivity contribution < 1.29 is 9.53 Å². The third kappa shape index (κ3) is 2.79. The first-order valence-electron chi connectivity index (χ1n) is 7.73. The third-order valence-electron chi connectivity index (χ3n) is 4.65. The number of halogens is 1. The zero-order chi connectivity index (χ0) is 15.9. The number of nitrogens with zero attached hydrogens (tertiary/aromatic N) is 3. The van der Waals surface area contributed by atoms with Crippen molar-refractivity contribution in [1.29, 1.82) is 0 Å². The lowest BCUT2D eigenvalue weighted by Crippen LogP contribution is -2.35. The van der Waals surface area contributed by atoms with E-state index in [2.05, 4.69) is 11.9 Å². The number of hydrogen-bond donors (Lipinski definition) is 0. The van der Waals surface area contributed by atoms with Crippen molar-refractivity contribution in [1.82, 2.24) is 9.88 Å². The van der Waals surface area contributed by atoms with E-state index in [0.29, 0.717) is 42.1 Å². The van der Waals surface area contributed by atoms with E-state index in [4.69, 9.17) is 16.3 Å². The molecule has 0 bridgehead atoms. The van der Waals surface area contributed by atoms with E-state index in [-0.39, 0.29) is 11.9 Å². The van der Waals surface area contributed by atoms with Crippen LogP contribution in [-0.2, 0) is 11.3 Å². The average molecular weight is 324 g/mol. The number of rotatable bonds is 6. The van der Waals surface area contributed by atoms with Gasteiger partial charge < -0.3 is 14.5 Å². The Bertz CT molecular complexity index is 589. The predicted molar refractivity (Wildman–Crippen MR) is 86.5 cm³/mol. The van der Waals surface area contributed by atoms with Crippen molar-refractivity contribution in [2.24, 2.45) is 5.92 Å². The van der Waals surface area contributed by atoms with Crippen LogP contribution in [0, 0.1) is 5.92 Å². The Morgan fingerprint density at radius 3 is 2.91 bits per heavy atom. The number of aromatic nitrogens is 1. The summed E-state index contributed by atoms with van der Waals surface area (Å²) in [6.45, 7) is 4.03. The van der Waals surface area contributed by atoms with Crippen LogP contribution in [0.2, 0.25) is 5.15 Å². The summed E-state index contributed by atoms with van der Waals surface area (Å²) in [5, 5.41) is 0.437. The highest BCUT2D eigenvalue weighted by Crippen LogP contribution is 2.40. The van der Waals surface area contributed by atoms with Gasteiger partial charge >= 0.3 is 0 Å². The van der Waals surface area contributed by atoms with E-state index in [0.717, 1.165) is 5.56 Å². The summed E-state index contributed by atoms with van der Waals surface area (Å²) in [4.78, 5) is 21.2. The standard InChI is InChI=1S/C16H22ClN3O2/c1-10(11-4-5-11)20-9-12-8-13(17)18-15(14(12)16(20)21)19(2)6-7-22-3/h8,10-11H,4-7,9H2,1-3H3/t10-/m0/s1. The maximum Gasteiger partial charge on any atom is 0.258 e. The Hall–Kier alpha value is -1.33. The van der Waals surface area contributed by atoms with Gasteiger partial charge in [-0.2, -0.15) is 0 Å². The van der Waals surface area contributed by atoms with Crippen LogP contribution in [0.15, 0.2) is 6.07 Å². The number of ether oxygens (including phenoxy) is 1. The number of fused-ring (bicyclic) bond motifs is 1. The van der Waals surface area contributed by atoms with E-state index >= 15 is 0 Å². The largest absolute Gasteiger partial charge is 0.383 e. The van der Waals surface area contributed by atoms with Gasteiger partial charge in [0.1, 0.15) is 11.0 Å². The van der Waals surface area contributed by atoms with Crippen LogP contribution in [0.5, 0.6) is 0 Å². The van der Waals surface area contributed by atoms with Crippen LogP contribution in [0.1, 0.15) is 35.7 Å². The van der Waals surface area contributed by atoms with E-state index in [9.17, 15) is 4.79 Å². The Kier molecular flexibility index (Phi) is 4.28. The minimum Gasteiger partial charge on any atom is -0.383 e. The Morgan fingerprint density at radius 1 is 1.55 bits per heavy atom. The summed E-state index contributed by atoms with van der Waals surface area (Å²) in [7, 11) is 3.58. The fourth-order valence-electron chi connectivity index (χ4n) is 3.08. The Labute approximate surface area is 136 Å². The maximum absolute atomic E-state index is 12.9. The monoisotopic (exact) mass is 323 g/mol. The molecule has 3 rings (SSSR count). The van der Waals surface area contributed by atoms with Crippen LogP contribution < -0.4 is 4.90 Å². The topological polar surface area (TPSA) is 45.7 Å². The van der Waals surface area contributed by atoms with Gasteiger partial charge in [-0.15, -0.1) is 0 Å². The molecule has 1 aliphatic heterocycles. The normalized spacial score (nSPS) is 18.5. The fourth-order valence-corrected chi connectivity index (χ4v) is 3.29. The van der Waals surface area contributed by atoms with Gasteiger partial charge in [-0.05, 0) is 37.3 Å². The summed E-state index contributed by atoms with van der Waals surface area (Å²) in [6, 6.07) is 2.11. The molecular weight excluding hydrogens is 302 g/mol. The number of likely N-dealkylation sites (N-methyl/N-ethyl adjacent to an activating group) is 1. The number of methoxy groups -OCH3 is 1. The summed E-state index contributed by atoms with van der Waals surface area (Å²) >= 11 is 6.16. The highest BCUT2D eigenvalue weighted by atomic mass is 35.5.